The maximum absolute atomic E-state index is 11.4. The van der Waals surface area contributed by atoms with Crippen LogP contribution in [0.15, 0.2) is 51.7 Å². The largest absolute Gasteiger partial charge is 0.355 e. The number of aliphatic imine (C=N–C) groups is 1. The van der Waals surface area contributed by atoms with E-state index in [0.717, 1.165) is 24.5 Å². The molecule has 1 fully saturated rings. The molecule has 10 heteroatoms. The first-order valence-electron chi connectivity index (χ1n) is 9.29. The number of nitrogens with two attached hydrogens (primary N) is 1. The number of thiophene rings is 1. The summed E-state index contributed by atoms with van der Waals surface area (Å²) in [4.78, 5) is 7.66. The molecule has 1 aromatic carbocycles. The van der Waals surface area contributed by atoms with Gasteiger partial charge in [-0.25, -0.2) is 13.6 Å². The first-order valence-corrected chi connectivity index (χ1v) is 11.7. The third-order valence-corrected chi connectivity index (χ3v) is 7.33. The number of sulfonamides is 1. The summed E-state index contributed by atoms with van der Waals surface area (Å²) < 4.78 is 22.9. The van der Waals surface area contributed by atoms with Crippen LogP contribution in [-0.4, -0.2) is 45.5 Å². The summed E-state index contributed by atoms with van der Waals surface area (Å²) in [5, 5.41) is 11.8. The van der Waals surface area contributed by atoms with Gasteiger partial charge >= 0.3 is 0 Å². The van der Waals surface area contributed by atoms with Gasteiger partial charge in [-0.3, -0.25) is 9.89 Å². The van der Waals surface area contributed by atoms with Crippen molar-refractivity contribution in [2.24, 2.45) is 10.1 Å². The van der Waals surface area contributed by atoms with E-state index in [2.05, 4.69) is 44.8 Å². The van der Waals surface area contributed by atoms with Crippen molar-refractivity contribution in [3.63, 3.8) is 0 Å². The van der Waals surface area contributed by atoms with Crippen LogP contribution >= 0.6 is 35.3 Å². The third kappa shape index (κ3) is 7.21. The van der Waals surface area contributed by atoms with E-state index in [1.807, 2.05) is 6.07 Å². The topological polar surface area (TPSA) is 99.8 Å². The van der Waals surface area contributed by atoms with Gasteiger partial charge in [-0.05, 0) is 37.1 Å². The van der Waals surface area contributed by atoms with Gasteiger partial charge in [0.15, 0.2) is 5.96 Å². The lowest BCUT2D eigenvalue weighted by atomic mass is 10.2. The summed E-state index contributed by atoms with van der Waals surface area (Å²) in [5.74, 6) is 0.706. The van der Waals surface area contributed by atoms with Crippen molar-refractivity contribution in [3.8, 4) is 0 Å². The minimum atomic E-state index is -3.64. The number of primary sulfonamides is 1. The van der Waals surface area contributed by atoms with Gasteiger partial charge in [0.25, 0.3) is 0 Å². The molecule has 0 radical (unpaired) electrons. The highest BCUT2D eigenvalue weighted by Gasteiger charge is 2.24. The SMILES string of the molecule is CN=C(NCc1ccc(S(N)(=O)=O)s1)NCC1CCCN1Cc1ccccc1.I. The highest BCUT2D eigenvalue weighted by molar-refractivity contribution is 14.0. The van der Waals surface area contributed by atoms with E-state index in [-0.39, 0.29) is 28.2 Å². The number of guanidine groups is 1. The van der Waals surface area contributed by atoms with Gasteiger partial charge in [0.05, 0.1) is 6.54 Å². The molecule has 160 valence electrons. The first-order chi connectivity index (χ1) is 13.5. The van der Waals surface area contributed by atoms with Gasteiger partial charge in [-0.1, -0.05) is 30.3 Å². The van der Waals surface area contributed by atoms with E-state index < -0.39 is 10.0 Å². The Hall–Kier alpha value is -1.21. The van der Waals surface area contributed by atoms with Crippen LogP contribution in [0, 0.1) is 0 Å². The molecule has 1 aromatic heterocycles. The molecular formula is C19H28IN5O2S2. The van der Waals surface area contributed by atoms with Crippen LogP contribution < -0.4 is 15.8 Å². The quantitative estimate of drug-likeness (QED) is 0.280. The predicted molar refractivity (Wildman–Crippen MR) is 129 cm³/mol. The van der Waals surface area contributed by atoms with Crippen LogP contribution in [0.5, 0.6) is 0 Å². The summed E-state index contributed by atoms with van der Waals surface area (Å²) >= 11 is 1.17. The lowest BCUT2D eigenvalue weighted by Gasteiger charge is -2.25. The van der Waals surface area contributed by atoms with Crippen molar-refractivity contribution in [1.82, 2.24) is 15.5 Å². The fraction of sp³-hybridized carbons (Fsp3) is 0.421. The minimum Gasteiger partial charge on any atom is -0.355 e. The molecule has 1 aliphatic rings. The number of hydrogen-bond acceptors (Lipinski definition) is 5. The van der Waals surface area contributed by atoms with Gasteiger partial charge in [0.2, 0.25) is 10.0 Å². The Labute approximate surface area is 193 Å². The molecule has 2 aromatic rings. The van der Waals surface area contributed by atoms with E-state index in [0.29, 0.717) is 18.5 Å². The number of nitrogens with zero attached hydrogens (tertiary/aromatic N) is 2. The van der Waals surface area contributed by atoms with Gasteiger partial charge in [-0.15, -0.1) is 35.3 Å². The van der Waals surface area contributed by atoms with Crippen LogP contribution in [0.3, 0.4) is 0 Å². The number of halogens is 1. The fourth-order valence-electron chi connectivity index (χ4n) is 3.36. The predicted octanol–water partition coefficient (Wildman–Crippen LogP) is 2.34. The van der Waals surface area contributed by atoms with Crippen LogP contribution in [0.1, 0.15) is 23.3 Å². The maximum atomic E-state index is 11.4. The molecule has 0 bridgehead atoms. The van der Waals surface area contributed by atoms with E-state index in [4.69, 9.17) is 5.14 Å². The standard InChI is InChI=1S/C19H27N5O2S2.HI/c1-21-19(23-13-17-9-10-18(27-17)28(20,25)26)22-12-16-8-5-11-24(16)14-15-6-3-2-4-7-15;/h2-4,6-7,9-10,16H,5,8,11-14H2,1H3,(H2,20,25,26)(H2,21,22,23);1H. The molecule has 1 saturated heterocycles. The summed E-state index contributed by atoms with van der Waals surface area (Å²) in [6.45, 7) is 3.39. The Morgan fingerprint density at radius 2 is 2.00 bits per heavy atom. The lowest BCUT2D eigenvalue weighted by Crippen LogP contribution is -2.44. The van der Waals surface area contributed by atoms with Crippen molar-refractivity contribution in [3.05, 3.63) is 52.9 Å². The molecular weight excluding hydrogens is 521 g/mol. The number of nitrogens with one attached hydrogen (secondary N) is 2. The van der Waals surface area contributed by atoms with Gasteiger partial charge in [-0.2, -0.15) is 0 Å². The molecule has 2 heterocycles. The molecule has 0 amide bonds. The molecule has 29 heavy (non-hydrogen) atoms. The second-order valence-corrected chi connectivity index (χ2v) is 9.78. The zero-order valence-corrected chi connectivity index (χ0v) is 20.3. The number of rotatable bonds is 7. The average molecular weight is 550 g/mol. The van der Waals surface area contributed by atoms with Crippen LogP contribution in [0.2, 0.25) is 0 Å². The van der Waals surface area contributed by atoms with Crippen molar-refractivity contribution < 1.29 is 8.42 Å². The van der Waals surface area contributed by atoms with E-state index in [9.17, 15) is 8.42 Å². The maximum Gasteiger partial charge on any atom is 0.247 e. The molecule has 1 aliphatic heterocycles. The lowest BCUT2D eigenvalue weighted by molar-refractivity contribution is 0.245. The molecule has 0 aliphatic carbocycles. The van der Waals surface area contributed by atoms with Gasteiger partial charge in [0.1, 0.15) is 4.21 Å². The highest BCUT2D eigenvalue weighted by atomic mass is 127. The van der Waals surface area contributed by atoms with Crippen LogP contribution in [-0.2, 0) is 23.1 Å². The van der Waals surface area contributed by atoms with Crippen LogP contribution in [0.4, 0.5) is 0 Å². The number of likely N-dealkylation sites (tertiary alicyclic amines) is 1. The third-order valence-electron chi connectivity index (χ3n) is 4.80. The molecule has 7 nitrogen and oxygen atoms in total. The van der Waals surface area contributed by atoms with Gasteiger partial charge in [0, 0.05) is 31.1 Å². The molecule has 0 spiro atoms. The number of benzene rings is 1. The smallest absolute Gasteiger partial charge is 0.247 e. The summed E-state index contributed by atoms with van der Waals surface area (Å²) in [5.41, 5.74) is 1.33. The molecule has 1 atom stereocenters. The zero-order chi connectivity index (χ0) is 20.0. The Morgan fingerprint density at radius 3 is 2.66 bits per heavy atom. The second-order valence-electron chi connectivity index (χ2n) is 6.82. The van der Waals surface area contributed by atoms with E-state index >= 15 is 0 Å². The van der Waals surface area contributed by atoms with E-state index in [1.54, 1.807) is 13.1 Å². The molecule has 0 saturated carbocycles. The Morgan fingerprint density at radius 1 is 1.24 bits per heavy atom. The Balaban J connectivity index is 0.00000300. The van der Waals surface area contributed by atoms with Crippen molar-refractivity contribution >= 4 is 51.3 Å². The summed E-state index contributed by atoms with van der Waals surface area (Å²) in [6.07, 6.45) is 2.37. The normalized spacial score (nSPS) is 17.7. The molecule has 3 rings (SSSR count). The summed E-state index contributed by atoms with van der Waals surface area (Å²) in [6, 6.07) is 14.3. The van der Waals surface area contributed by atoms with Crippen molar-refractivity contribution in [1.29, 1.82) is 0 Å². The van der Waals surface area contributed by atoms with Crippen LogP contribution in [0.25, 0.3) is 0 Å². The monoisotopic (exact) mass is 549 g/mol. The average Bonchev–Trinajstić information content (AvgIpc) is 3.32. The summed E-state index contributed by atoms with van der Waals surface area (Å²) in [7, 11) is -1.91. The first kappa shape index (κ1) is 24.1. The Kier molecular flexibility index (Phi) is 9.34. The van der Waals surface area contributed by atoms with E-state index in [1.165, 1.54) is 35.8 Å². The molecule has 1 unspecified atom stereocenters. The minimum absolute atomic E-state index is 0. The zero-order valence-electron chi connectivity index (χ0n) is 16.4. The van der Waals surface area contributed by atoms with Crippen molar-refractivity contribution in [2.45, 2.75) is 36.2 Å². The Bertz CT molecular complexity index is 902. The number of hydrogen-bond donors (Lipinski definition) is 3. The highest BCUT2D eigenvalue weighted by Crippen LogP contribution is 2.20. The second kappa shape index (κ2) is 11.3. The van der Waals surface area contributed by atoms with Gasteiger partial charge < -0.3 is 10.6 Å². The molecule has 4 N–H and O–H groups in total. The fourth-order valence-corrected chi connectivity index (χ4v) is 5.08. The van der Waals surface area contributed by atoms with Crippen molar-refractivity contribution in [2.75, 3.05) is 20.1 Å².